The average Bonchev–Trinajstić information content (AvgIpc) is 2.46. The van der Waals surface area contributed by atoms with E-state index in [9.17, 15) is 5.11 Å². The largest absolute Gasteiger partial charge is 0.497 e. The van der Waals surface area contributed by atoms with Gasteiger partial charge in [-0.15, -0.1) is 0 Å². The van der Waals surface area contributed by atoms with E-state index in [0.717, 1.165) is 30.6 Å². The summed E-state index contributed by atoms with van der Waals surface area (Å²) in [5.74, 6) is 0.820. The van der Waals surface area contributed by atoms with Crippen LogP contribution in [0.25, 0.3) is 0 Å². The number of aliphatic hydroxyl groups is 1. The Bertz CT molecular complexity index is 470. The molecule has 20 heavy (non-hydrogen) atoms. The minimum Gasteiger partial charge on any atom is -0.497 e. The molecule has 1 aliphatic rings. The van der Waals surface area contributed by atoms with E-state index in [1.807, 2.05) is 12.1 Å². The molecule has 0 aliphatic heterocycles. The number of methoxy groups -OCH3 is 1. The van der Waals surface area contributed by atoms with Gasteiger partial charge < -0.3 is 9.84 Å². The summed E-state index contributed by atoms with van der Waals surface area (Å²) in [6, 6.07) is 6.22. The molecule has 0 heterocycles. The molecule has 2 atom stereocenters. The van der Waals surface area contributed by atoms with E-state index in [0.29, 0.717) is 0 Å². The van der Waals surface area contributed by atoms with Crippen molar-refractivity contribution in [1.29, 1.82) is 0 Å². The quantitative estimate of drug-likeness (QED) is 0.917. The van der Waals surface area contributed by atoms with Gasteiger partial charge >= 0.3 is 0 Å². The number of ether oxygens (including phenoxy) is 1. The van der Waals surface area contributed by atoms with Gasteiger partial charge in [-0.2, -0.15) is 0 Å². The van der Waals surface area contributed by atoms with E-state index in [1.54, 1.807) is 7.11 Å². The number of nitrogens with zero attached hydrogens (tertiary/aromatic N) is 1. The van der Waals surface area contributed by atoms with Gasteiger partial charge in [-0.25, -0.2) is 0 Å². The normalized spacial score (nSPS) is 22.8. The highest BCUT2D eigenvalue weighted by Gasteiger charge is 2.36. The van der Waals surface area contributed by atoms with Crippen molar-refractivity contribution in [2.75, 3.05) is 14.2 Å². The minimum atomic E-state index is -0.440. The average molecular weight is 277 g/mol. The maximum atomic E-state index is 10.8. The summed E-state index contributed by atoms with van der Waals surface area (Å²) in [6.45, 7) is 6.67. The lowest BCUT2D eigenvalue weighted by Gasteiger charge is -2.45. The summed E-state index contributed by atoms with van der Waals surface area (Å²) in [5.41, 5.74) is 2.37. The molecule has 0 fully saturated rings. The Labute approximate surface area is 122 Å². The van der Waals surface area contributed by atoms with Crippen LogP contribution in [0.5, 0.6) is 5.75 Å². The summed E-state index contributed by atoms with van der Waals surface area (Å²) >= 11 is 0. The van der Waals surface area contributed by atoms with E-state index in [2.05, 4.69) is 38.8 Å². The molecule has 0 aromatic heterocycles. The summed E-state index contributed by atoms with van der Waals surface area (Å²) in [7, 11) is 3.79. The second-order valence-corrected chi connectivity index (χ2v) is 6.39. The zero-order valence-electron chi connectivity index (χ0n) is 13.3. The van der Waals surface area contributed by atoms with Gasteiger partial charge in [0, 0.05) is 11.6 Å². The van der Waals surface area contributed by atoms with Crippen molar-refractivity contribution in [2.45, 2.75) is 57.7 Å². The summed E-state index contributed by atoms with van der Waals surface area (Å²) in [6.07, 6.45) is 2.65. The smallest absolute Gasteiger partial charge is 0.119 e. The molecule has 0 spiro atoms. The van der Waals surface area contributed by atoms with Gasteiger partial charge in [-0.05, 0) is 63.4 Å². The van der Waals surface area contributed by atoms with Crippen LogP contribution in [0.1, 0.15) is 50.8 Å². The summed E-state index contributed by atoms with van der Waals surface area (Å²) in [4.78, 5) is 2.33. The molecule has 0 saturated heterocycles. The third-order valence-electron chi connectivity index (χ3n) is 5.06. The fourth-order valence-electron chi connectivity index (χ4n) is 2.98. The number of fused-ring (bicyclic) bond motifs is 1. The van der Waals surface area contributed by atoms with Crippen LogP contribution in [0.4, 0.5) is 0 Å². The van der Waals surface area contributed by atoms with Gasteiger partial charge in [0.1, 0.15) is 5.75 Å². The monoisotopic (exact) mass is 277 g/mol. The Kier molecular flexibility index (Phi) is 4.40. The van der Waals surface area contributed by atoms with E-state index < -0.39 is 6.10 Å². The fraction of sp³-hybridized carbons (Fsp3) is 0.647. The molecule has 1 aliphatic carbocycles. The lowest BCUT2D eigenvalue weighted by molar-refractivity contribution is -0.00218. The molecule has 2 rings (SSSR count). The van der Waals surface area contributed by atoms with Gasteiger partial charge in [0.05, 0.1) is 13.2 Å². The van der Waals surface area contributed by atoms with Crippen LogP contribution in [0, 0.1) is 0 Å². The first-order chi connectivity index (χ1) is 9.40. The maximum absolute atomic E-state index is 10.8. The predicted molar refractivity (Wildman–Crippen MR) is 82.2 cm³/mol. The highest BCUT2D eigenvalue weighted by Crippen LogP contribution is 2.37. The van der Waals surface area contributed by atoms with Gasteiger partial charge in [-0.3, -0.25) is 4.90 Å². The first kappa shape index (κ1) is 15.3. The predicted octanol–water partition coefficient (Wildman–Crippen LogP) is 3.16. The van der Waals surface area contributed by atoms with E-state index in [1.165, 1.54) is 5.56 Å². The molecule has 1 N–H and O–H groups in total. The van der Waals surface area contributed by atoms with E-state index >= 15 is 0 Å². The third kappa shape index (κ3) is 2.70. The van der Waals surface area contributed by atoms with Crippen molar-refractivity contribution < 1.29 is 9.84 Å². The number of rotatable bonds is 4. The second-order valence-electron chi connectivity index (χ2n) is 6.39. The SMILES string of the molecule is CCC(C)(C)N(C)C1CCc2ccc(OC)cc2C1O. The van der Waals surface area contributed by atoms with Crippen molar-refractivity contribution in [1.82, 2.24) is 4.90 Å². The fourth-order valence-corrected chi connectivity index (χ4v) is 2.98. The molecule has 0 amide bonds. The number of hydrogen-bond acceptors (Lipinski definition) is 3. The van der Waals surface area contributed by atoms with Crippen LogP contribution in [-0.4, -0.2) is 35.7 Å². The number of hydrogen-bond donors (Lipinski definition) is 1. The molecule has 1 aromatic rings. The van der Waals surface area contributed by atoms with Gasteiger partial charge in [0.25, 0.3) is 0 Å². The Morgan fingerprint density at radius 1 is 1.40 bits per heavy atom. The molecular formula is C17H27NO2. The molecule has 3 nitrogen and oxygen atoms in total. The van der Waals surface area contributed by atoms with Crippen molar-refractivity contribution in [3.63, 3.8) is 0 Å². The first-order valence-electron chi connectivity index (χ1n) is 7.48. The highest BCUT2D eigenvalue weighted by atomic mass is 16.5. The van der Waals surface area contributed by atoms with Gasteiger partial charge in [0.2, 0.25) is 0 Å². The van der Waals surface area contributed by atoms with Crippen molar-refractivity contribution >= 4 is 0 Å². The molecule has 0 radical (unpaired) electrons. The van der Waals surface area contributed by atoms with Crippen molar-refractivity contribution in [3.05, 3.63) is 29.3 Å². The molecule has 112 valence electrons. The lowest BCUT2D eigenvalue weighted by atomic mass is 9.83. The third-order valence-corrected chi connectivity index (χ3v) is 5.06. The zero-order chi connectivity index (χ0) is 14.9. The zero-order valence-corrected chi connectivity index (χ0v) is 13.3. The van der Waals surface area contributed by atoms with Crippen molar-refractivity contribution in [2.24, 2.45) is 0 Å². The highest BCUT2D eigenvalue weighted by molar-refractivity contribution is 5.39. The second kappa shape index (κ2) is 5.74. The molecule has 0 saturated carbocycles. The van der Waals surface area contributed by atoms with Crippen LogP contribution >= 0.6 is 0 Å². The van der Waals surface area contributed by atoms with Gasteiger partial charge in [0.15, 0.2) is 0 Å². The first-order valence-corrected chi connectivity index (χ1v) is 7.48. The number of likely N-dealkylation sites (N-methyl/N-ethyl adjacent to an activating group) is 1. The van der Waals surface area contributed by atoms with Crippen LogP contribution < -0.4 is 4.74 Å². The molecule has 2 unspecified atom stereocenters. The molecular weight excluding hydrogens is 250 g/mol. The van der Waals surface area contributed by atoms with Crippen LogP contribution in [0.2, 0.25) is 0 Å². The maximum Gasteiger partial charge on any atom is 0.119 e. The van der Waals surface area contributed by atoms with E-state index in [4.69, 9.17) is 4.74 Å². The standard InChI is InChI=1S/C17H27NO2/c1-6-17(2,3)18(4)15-10-8-12-7-9-13(20-5)11-14(12)16(15)19/h7,9,11,15-16,19H,6,8,10H2,1-5H3. The molecule has 0 bridgehead atoms. The number of benzene rings is 1. The Morgan fingerprint density at radius 3 is 2.70 bits per heavy atom. The van der Waals surface area contributed by atoms with E-state index in [-0.39, 0.29) is 11.6 Å². The summed E-state index contributed by atoms with van der Waals surface area (Å²) < 4.78 is 5.29. The lowest BCUT2D eigenvalue weighted by Crippen LogP contribution is -2.50. The topological polar surface area (TPSA) is 32.7 Å². The van der Waals surface area contributed by atoms with Crippen LogP contribution in [0.3, 0.4) is 0 Å². The number of aliphatic hydroxyl groups excluding tert-OH is 1. The Hall–Kier alpha value is -1.06. The van der Waals surface area contributed by atoms with Crippen LogP contribution in [-0.2, 0) is 6.42 Å². The Morgan fingerprint density at radius 2 is 2.10 bits per heavy atom. The number of aryl methyl sites for hydroxylation is 1. The minimum absolute atomic E-state index is 0.0992. The summed E-state index contributed by atoms with van der Waals surface area (Å²) in [5, 5.41) is 10.8. The molecule has 3 heteroatoms. The van der Waals surface area contributed by atoms with Crippen LogP contribution in [0.15, 0.2) is 18.2 Å². The Balaban J connectivity index is 2.28. The van der Waals surface area contributed by atoms with Gasteiger partial charge in [-0.1, -0.05) is 13.0 Å². The molecule has 1 aromatic carbocycles. The van der Waals surface area contributed by atoms with Crippen molar-refractivity contribution in [3.8, 4) is 5.75 Å².